The molecule has 17 heavy (non-hydrogen) atoms. The summed E-state index contributed by atoms with van der Waals surface area (Å²) >= 11 is 3.21. The molecule has 0 radical (unpaired) electrons. The van der Waals surface area contributed by atoms with E-state index in [2.05, 4.69) is 35.0 Å². The van der Waals surface area contributed by atoms with E-state index in [0.29, 0.717) is 5.33 Å². The maximum atomic E-state index is 11.8. The van der Waals surface area contributed by atoms with Crippen LogP contribution < -0.4 is 0 Å². The van der Waals surface area contributed by atoms with E-state index in [0.717, 1.165) is 5.69 Å². The summed E-state index contributed by atoms with van der Waals surface area (Å²) in [5.41, 5.74) is 1.95. The van der Waals surface area contributed by atoms with Crippen molar-refractivity contribution in [3.63, 3.8) is 0 Å². The highest BCUT2D eigenvalue weighted by atomic mass is 79.9. The third-order valence-corrected chi connectivity index (χ3v) is 3.39. The van der Waals surface area contributed by atoms with Crippen molar-refractivity contribution in [2.24, 2.45) is 0 Å². The van der Waals surface area contributed by atoms with Crippen LogP contribution in [0.4, 0.5) is 0 Å². The van der Waals surface area contributed by atoms with Crippen LogP contribution in [0.1, 0.15) is 29.0 Å². The van der Waals surface area contributed by atoms with Crippen LogP contribution in [-0.2, 0) is 0 Å². The van der Waals surface area contributed by atoms with Gasteiger partial charge in [-0.1, -0.05) is 46.3 Å². The van der Waals surface area contributed by atoms with Gasteiger partial charge in [-0.15, -0.1) is 0 Å². The highest BCUT2D eigenvalue weighted by molar-refractivity contribution is 9.09. The molecule has 3 heteroatoms. The third-order valence-electron chi connectivity index (χ3n) is 2.89. The molecule has 0 N–H and O–H groups in total. The van der Waals surface area contributed by atoms with E-state index >= 15 is 0 Å². The van der Waals surface area contributed by atoms with E-state index in [1.807, 2.05) is 41.1 Å². The molecule has 0 aliphatic carbocycles. The number of rotatable bonds is 4. The van der Waals surface area contributed by atoms with E-state index in [4.69, 9.17) is 0 Å². The molecule has 0 aliphatic rings. The fourth-order valence-corrected chi connectivity index (χ4v) is 2.22. The number of halogens is 1. The van der Waals surface area contributed by atoms with Crippen molar-refractivity contribution in [1.82, 2.24) is 4.57 Å². The van der Waals surface area contributed by atoms with Crippen molar-refractivity contribution >= 4 is 21.7 Å². The Kier molecular flexibility index (Phi) is 3.79. The average molecular weight is 292 g/mol. The number of Topliss-reactive ketones (excluding diaryl/α,β-unsaturated/α-hetero) is 1. The van der Waals surface area contributed by atoms with Crippen LogP contribution in [0.5, 0.6) is 0 Å². The predicted octanol–water partition coefficient (Wildman–Crippen LogP) is 3.68. The Balaban J connectivity index is 2.35. The summed E-state index contributed by atoms with van der Waals surface area (Å²) in [6.45, 7) is 2.10. The Hall–Kier alpha value is -1.35. The number of hydrogen-bond acceptors (Lipinski definition) is 1. The number of alkyl halides is 1. The van der Waals surface area contributed by atoms with E-state index in [9.17, 15) is 4.79 Å². The standard InChI is InChI=1S/C14H14BrNO/c1-11(12-6-3-2-4-7-12)16-9-5-8-13(16)14(17)10-15/h2-9,11H,10H2,1H3/t11-/m1/s1. The molecule has 0 spiro atoms. The number of benzene rings is 1. The second-order valence-electron chi connectivity index (χ2n) is 3.94. The second-order valence-corrected chi connectivity index (χ2v) is 4.50. The first-order chi connectivity index (χ1) is 8.24. The van der Waals surface area contributed by atoms with Crippen molar-refractivity contribution < 1.29 is 4.79 Å². The number of carbonyl (C=O) groups excluding carboxylic acids is 1. The van der Waals surface area contributed by atoms with Gasteiger partial charge >= 0.3 is 0 Å². The van der Waals surface area contributed by atoms with E-state index in [-0.39, 0.29) is 11.8 Å². The summed E-state index contributed by atoms with van der Waals surface area (Å²) in [4.78, 5) is 11.8. The van der Waals surface area contributed by atoms with Crippen LogP contribution in [0.15, 0.2) is 48.7 Å². The predicted molar refractivity (Wildman–Crippen MR) is 72.8 cm³/mol. The molecule has 88 valence electrons. The number of ketones is 1. The summed E-state index contributed by atoms with van der Waals surface area (Å²) in [6.07, 6.45) is 1.95. The van der Waals surface area contributed by atoms with E-state index < -0.39 is 0 Å². The minimum absolute atomic E-state index is 0.109. The van der Waals surface area contributed by atoms with Gasteiger partial charge in [0.05, 0.1) is 17.1 Å². The normalized spacial score (nSPS) is 12.4. The molecule has 2 aromatic rings. The fourth-order valence-electron chi connectivity index (χ4n) is 1.93. The summed E-state index contributed by atoms with van der Waals surface area (Å²) < 4.78 is 2.01. The van der Waals surface area contributed by atoms with E-state index in [1.165, 1.54) is 5.56 Å². The van der Waals surface area contributed by atoms with Gasteiger partial charge in [-0.2, -0.15) is 0 Å². The molecule has 1 atom stereocenters. The smallest absolute Gasteiger partial charge is 0.189 e. The number of carbonyl (C=O) groups is 1. The van der Waals surface area contributed by atoms with Crippen molar-refractivity contribution in [1.29, 1.82) is 0 Å². The molecular weight excluding hydrogens is 278 g/mol. The highest BCUT2D eigenvalue weighted by Gasteiger charge is 2.14. The lowest BCUT2D eigenvalue weighted by atomic mass is 10.1. The molecule has 2 nitrogen and oxygen atoms in total. The van der Waals surface area contributed by atoms with Crippen molar-refractivity contribution in [2.45, 2.75) is 13.0 Å². The number of nitrogens with zero attached hydrogens (tertiary/aromatic N) is 1. The summed E-state index contributed by atoms with van der Waals surface area (Å²) in [7, 11) is 0. The molecule has 0 fully saturated rings. The van der Waals surface area contributed by atoms with Gasteiger partial charge in [0.2, 0.25) is 0 Å². The minimum Gasteiger partial charge on any atom is -0.338 e. The molecule has 0 saturated heterocycles. The topological polar surface area (TPSA) is 22.0 Å². The van der Waals surface area contributed by atoms with Gasteiger partial charge in [-0.3, -0.25) is 4.79 Å². The monoisotopic (exact) mass is 291 g/mol. The van der Waals surface area contributed by atoms with Gasteiger partial charge in [0, 0.05) is 6.20 Å². The van der Waals surface area contributed by atoms with Crippen LogP contribution in [0.2, 0.25) is 0 Å². The van der Waals surface area contributed by atoms with Crippen LogP contribution in [0.25, 0.3) is 0 Å². The Bertz CT molecular complexity index is 504. The molecule has 2 rings (SSSR count). The largest absolute Gasteiger partial charge is 0.338 e. The quantitative estimate of drug-likeness (QED) is 0.622. The molecule has 1 aromatic carbocycles. The zero-order chi connectivity index (χ0) is 12.3. The Morgan fingerprint density at radius 1 is 1.24 bits per heavy atom. The van der Waals surface area contributed by atoms with Gasteiger partial charge in [-0.25, -0.2) is 0 Å². The molecule has 1 aromatic heterocycles. The van der Waals surface area contributed by atoms with Crippen LogP contribution in [0.3, 0.4) is 0 Å². The van der Waals surface area contributed by atoms with Crippen LogP contribution in [-0.4, -0.2) is 15.7 Å². The second kappa shape index (κ2) is 5.32. The molecule has 0 amide bonds. The summed E-state index contributed by atoms with van der Waals surface area (Å²) in [5.74, 6) is 0.109. The summed E-state index contributed by atoms with van der Waals surface area (Å²) in [5, 5.41) is 0.360. The first kappa shape index (κ1) is 12.1. The number of hydrogen-bond donors (Lipinski definition) is 0. The minimum atomic E-state index is 0.109. The Labute approximate surface area is 109 Å². The maximum Gasteiger partial charge on any atom is 0.189 e. The van der Waals surface area contributed by atoms with Crippen molar-refractivity contribution in [3.8, 4) is 0 Å². The average Bonchev–Trinajstić information content (AvgIpc) is 2.87. The molecule has 0 aliphatic heterocycles. The lowest BCUT2D eigenvalue weighted by molar-refractivity contribution is 0.101. The van der Waals surface area contributed by atoms with Gasteiger partial charge in [0.1, 0.15) is 0 Å². The first-order valence-corrected chi connectivity index (χ1v) is 6.67. The van der Waals surface area contributed by atoms with Crippen molar-refractivity contribution in [3.05, 3.63) is 59.9 Å². The van der Waals surface area contributed by atoms with Gasteiger partial charge < -0.3 is 4.57 Å². The summed E-state index contributed by atoms with van der Waals surface area (Å²) in [6, 6.07) is 14.1. The number of aromatic nitrogens is 1. The fraction of sp³-hybridized carbons (Fsp3) is 0.214. The van der Waals surface area contributed by atoms with Crippen LogP contribution in [0, 0.1) is 0 Å². The molecule has 0 unspecified atom stereocenters. The van der Waals surface area contributed by atoms with E-state index in [1.54, 1.807) is 0 Å². The van der Waals surface area contributed by atoms with Crippen molar-refractivity contribution in [2.75, 3.05) is 5.33 Å². The Morgan fingerprint density at radius 2 is 1.94 bits per heavy atom. The third kappa shape index (κ3) is 2.50. The zero-order valence-electron chi connectivity index (χ0n) is 9.64. The zero-order valence-corrected chi connectivity index (χ0v) is 11.2. The highest BCUT2D eigenvalue weighted by Crippen LogP contribution is 2.20. The van der Waals surface area contributed by atoms with Crippen LogP contribution >= 0.6 is 15.9 Å². The lowest BCUT2D eigenvalue weighted by Gasteiger charge is -2.17. The molecule has 1 heterocycles. The molecular formula is C14H14BrNO. The lowest BCUT2D eigenvalue weighted by Crippen LogP contribution is -2.13. The van der Waals surface area contributed by atoms with Gasteiger partial charge in [-0.05, 0) is 24.6 Å². The van der Waals surface area contributed by atoms with Gasteiger partial charge in [0.15, 0.2) is 5.78 Å². The maximum absolute atomic E-state index is 11.8. The molecule has 0 saturated carbocycles. The SMILES string of the molecule is C[C@H](c1ccccc1)n1cccc1C(=O)CBr. The Morgan fingerprint density at radius 3 is 2.59 bits per heavy atom. The molecule has 0 bridgehead atoms. The van der Waals surface area contributed by atoms with Gasteiger partial charge in [0.25, 0.3) is 0 Å². The first-order valence-electron chi connectivity index (χ1n) is 5.55.